The normalized spacial score (nSPS) is 16.4. The van der Waals surface area contributed by atoms with Crippen molar-refractivity contribution in [2.24, 2.45) is 0 Å². The number of tetrazole rings is 1. The number of benzene rings is 2. The van der Waals surface area contributed by atoms with Gasteiger partial charge in [0.05, 0.1) is 18.7 Å². The van der Waals surface area contributed by atoms with E-state index in [1.807, 2.05) is 28.9 Å². The lowest BCUT2D eigenvalue weighted by Crippen LogP contribution is -2.48. The Morgan fingerprint density at radius 1 is 0.935 bits per heavy atom. The van der Waals surface area contributed by atoms with Crippen molar-refractivity contribution in [3.63, 3.8) is 0 Å². The van der Waals surface area contributed by atoms with Crippen LogP contribution >= 0.6 is 11.6 Å². The molecule has 0 aliphatic carbocycles. The molecule has 1 aromatic heterocycles. The summed E-state index contributed by atoms with van der Waals surface area (Å²) in [6.07, 6.45) is 0. The molecule has 0 N–H and O–H groups in total. The van der Waals surface area contributed by atoms with Crippen LogP contribution in [0.3, 0.4) is 0 Å². The molecule has 2 heterocycles. The Bertz CT molecular complexity index is 988. The highest BCUT2D eigenvalue weighted by Gasteiger charge is 2.33. The van der Waals surface area contributed by atoms with Crippen LogP contribution in [0, 0.1) is 0 Å². The van der Waals surface area contributed by atoms with Gasteiger partial charge in [-0.3, -0.25) is 4.90 Å². The van der Waals surface area contributed by atoms with E-state index in [-0.39, 0.29) is 11.6 Å². The van der Waals surface area contributed by atoms with Crippen molar-refractivity contribution in [2.75, 3.05) is 38.2 Å². The maximum absolute atomic E-state index is 6.16. The summed E-state index contributed by atoms with van der Waals surface area (Å²) in [5.74, 6) is 1.73. The van der Waals surface area contributed by atoms with Gasteiger partial charge < -0.3 is 9.64 Å². The molecule has 4 rings (SSSR count). The molecule has 31 heavy (non-hydrogen) atoms. The van der Waals surface area contributed by atoms with Crippen LogP contribution in [0.2, 0.25) is 5.02 Å². The number of rotatable bonds is 5. The number of ether oxygens (including phenoxy) is 1. The van der Waals surface area contributed by atoms with Gasteiger partial charge in [-0.05, 0) is 73.2 Å². The molecular weight excluding hydrogens is 412 g/mol. The number of piperazine rings is 1. The van der Waals surface area contributed by atoms with Crippen molar-refractivity contribution < 1.29 is 4.74 Å². The van der Waals surface area contributed by atoms with Crippen LogP contribution in [-0.2, 0) is 5.54 Å². The summed E-state index contributed by atoms with van der Waals surface area (Å²) >= 11 is 6.16. The Morgan fingerprint density at radius 3 is 2.16 bits per heavy atom. The third-order valence-corrected chi connectivity index (χ3v) is 5.93. The minimum absolute atomic E-state index is 0.0375. The Labute approximate surface area is 188 Å². The van der Waals surface area contributed by atoms with Gasteiger partial charge in [0.15, 0.2) is 5.82 Å². The number of hydrogen-bond donors (Lipinski definition) is 0. The second kappa shape index (κ2) is 8.85. The van der Waals surface area contributed by atoms with Gasteiger partial charge in [-0.2, -0.15) is 0 Å². The predicted molar refractivity (Wildman–Crippen MR) is 123 cm³/mol. The molecule has 164 valence electrons. The minimum atomic E-state index is -0.214. The molecule has 0 bridgehead atoms. The average Bonchev–Trinajstić information content (AvgIpc) is 3.26. The molecule has 0 saturated carbocycles. The van der Waals surface area contributed by atoms with Gasteiger partial charge in [0.2, 0.25) is 0 Å². The molecule has 0 amide bonds. The van der Waals surface area contributed by atoms with Crippen LogP contribution in [0.15, 0.2) is 48.5 Å². The second-order valence-corrected chi connectivity index (χ2v) is 9.23. The van der Waals surface area contributed by atoms with E-state index in [4.69, 9.17) is 16.3 Å². The van der Waals surface area contributed by atoms with E-state index >= 15 is 0 Å². The third-order valence-electron chi connectivity index (χ3n) is 5.68. The van der Waals surface area contributed by atoms with Crippen molar-refractivity contribution in [3.8, 4) is 5.75 Å². The Hall–Kier alpha value is -2.64. The van der Waals surface area contributed by atoms with Gasteiger partial charge in [-0.15, -0.1) is 5.10 Å². The van der Waals surface area contributed by atoms with Gasteiger partial charge in [0.1, 0.15) is 5.75 Å². The highest BCUT2D eigenvalue weighted by Crippen LogP contribution is 2.32. The zero-order valence-electron chi connectivity index (χ0n) is 18.5. The monoisotopic (exact) mass is 440 g/mol. The topological polar surface area (TPSA) is 59.3 Å². The van der Waals surface area contributed by atoms with Gasteiger partial charge in [-0.1, -0.05) is 23.7 Å². The zero-order valence-corrected chi connectivity index (χ0v) is 19.3. The first-order valence-corrected chi connectivity index (χ1v) is 10.9. The van der Waals surface area contributed by atoms with Crippen LogP contribution in [0.4, 0.5) is 5.69 Å². The molecule has 1 aliphatic heterocycles. The van der Waals surface area contributed by atoms with E-state index in [9.17, 15) is 0 Å². The summed E-state index contributed by atoms with van der Waals surface area (Å²) in [5, 5.41) is 13.5. The molecule has 1 fully saturated rings. The van der Waals surface area contributed by atoms with Gasteiger partial charge in [0.25, 0.3) is 0 Å². The average molecular weight is 441 g/mol. The summed E-state index contributed by atoms with van der Waals surface area (Å²) in [4.78, 5) is 4.86. The minimum Gasteiger partial charge on any atom is -0.497 e. The SMILES string of the molecule is COc1ccc(N2CCN(C(c3ccc(Cl)cc3)c3nnnn3C(C)(C)C)CC2)cc1. The van der Waals surface area contributed by atoms with Crippen LogP contribution < -0.4 is 9.64 Å². The zero-order chi connectivity index (χ0) is 22.0. The first-order chi connectivity index (χ1) is 14.9. The second-order valence-electron chi connectivity index (χ2n) is 8.79. The summed E-state index contributed by atoms with van der Waals surface area (Å²) in [5.41, 5.74) is 2.14. The maximum Gasteiger partial charge on any atom is 0.173 e. The van der Waals surface area contributed by atoms with E-state index in [2.05, 4.69) is 70.4 Å². The smallest absolute Gasteiger partial charge is 0.173 e. The number of anilines is 1. The lowest BCUT2D eigenvalue weighted by atomic mass is 10.0. The van der Waals surface area contributed by atoms with Crippen molar-refractivity contribution >= 4 is 17.3 Å². The number of nitrogens with zero attached hydrogens (tertiary/aromatic N) is 6. The molecule has 2 aromatic carbocycles. The van der Waals surface area contributed by atoms with Crippen molar-refractivity contribution in [1.29, 1.82) is 0 Å². The van der Waals surface area contributed by atoms with E-state index in [0.29, 0.717) is 0 Å². The van der Waals surface area contributed by atoms with E-state index in [1.165, 1.54) is 5.69 Å². The Balaban J connectivity index is 1.60. The predicted octanol–water partition coefficient (Wildman–Crippen LogP) is 4.00. The number of halogens is 1. The van der Waals surface area contributed by atoms with Crippen LogP contribution in [0.5, 0.6) is 5.75 Å². The fraction of sp³-hybridized carbons (Fsp3) is 0.435. The summed E-state index contributed by atoms with van der Waals surface area (Å²) in [6, 6.07) is 16.2. The van der Waals surface area contributed by atoms with Crippen LogP contribution in [0.1, 0.15) is 38.2 Å². The lowest BCUT2D eigenvalue weighted by Gasteiger charge is -2.40. The summed E-state index contributed by atoms with van der Waals surface area (Å²) < 4.78 is 7.22. The molecule has 0 spiro atoms. The third kappa shape index (κ3) is 4.67. The summed E-state index contributed by atoms with van der Waals surface area (Å²) in [6.45, 7) is 10.0. The van der Waals surface area contributed by atoms with Crippen LogP contribution in [-0.4, -0.2) is 58.4 Å². The molecule has 7 nitrogen and oxygen atoms in total. The lowest BCUT2D eigenvalue weighted by molar-refractivity contribution is 0.191. The van der Waals surface area contributed by atoms with E-state index in [0.717, 1.165) is 48.3 Å². The number of hydrogen-bond acceptors (Lipinski definition) is 6. The molecular formula is C23H29ClN6O. The van der Waals surface area contributed by atoms with Crippen molar-refractivity contribution in [2.45, 2.75) is 32.4 Å². The quantitative estimate of drug-likeness (QED) is 0.597. The molecule has 3 aromatic rings. The molecule has 8 heteroatoms. The number of methoxy groups -OCH3 is 1. The van der Waals surface area contributed by atoms with Gasteiger partial charge >= 0.3 is 0 Å². The standard InChI is InChI=1S/C23H29ClN6O/c1-23(2,3)30-22(25-26-27-30)21(17-5-7-18(24)8-6-17)29-15-13-28(14-16-29)19-9-11-20(31-4)12-10-19/h5-12,21H,13-16H2,1-4H3. The largest absolute Gasteiger partial charge is 0.497 e. The number of aromatic nitrogens is 4. The molecule has 0 radical (unpaired) electrons. The fourth-order valence-corrected chi connectivity index (χ4v) is 4.17. The first kappa shape index (κ1) is 21.6. The molecule has 1 unspecified atom stereocenters. The Kier molecular flexibility index (Phi) is 6.16. The maximum atomic E-state index is 6.16. The Morgan fingerprint density at radius 2 is 1.58 bits per heavy atom. The van der Waals surface area contributed by atoms with E-state index < -0.39 is 0 Å². The highest BCUT2D eigenvalue weighted by atomic mass is 35.5. The van der Waals surface area contributed by atoms with Crippen molar-refractivity contribution in [1.82, 2.24) is 25.1 Å². The summed E-state index contributed by atoms with van der Waals surface area (Å²) in [7, 11) is 1.69. The molecule has 1 atom stereocenters. The van der Waals surface area contributed by atoms with Gasteiger partial charge in [0, 0.05) is 36.9 Å². The van der Waals surface area contributed by atoms with Crippen molar-refractivity contribution in [3.05, 3.63) is 64.9 Å². The molecule has 1 saturated heterocycles. The highest BCUT2D eigenvalue weighted by molar-refractivity contribution is 6.30. The van der Waals surface area contributed by atoms with E-state index in [1.54, 1.807) is 7.11 Å². The first-order valence-electron chi connectivity index (χ1n) is 10.5. The fourth-order valence-electron chi connectivity index (χ4n) is 4.04. The van der Waals surface area contributed by atoms with Crippen LogP contribution in [0.25, 0.3) is 0 Å². The van der Waals surface area contributed by atoms with Gasteiger partial charge in [-0.25, -0.2) is 4.68 Å². The molecule has 1 aliphatic rings.